The Morgan fingerprint density at radius 2 is 2.10 bits per heavy atom. The SMILES string of the molecule is COC(=O)c1cc(N)cc(Cl)c1N1CCC(C)(C(N)=O)C1. The van der Waals surface area contributed by atoms with E-state index in [0.717, 1.165) is 0 Å². The number of rotatable bonds is 3. The van der Waals surface area contributed by atoms with Crippen LogP contribution in [0.5, 0.6) is 0 Å². The van der Waals surface area contributed by atoms with E-state index < -0.39 is 11.4 Å². The monoisotopic (exact) mass is 311 g/mol. The van der Waals surface area contributed by atoms with Crippen molar-refractivity contribution in [3.05, 3.63) is 22.7 Å². The van der Waals surface area contributed by atoms with Gasteiger partial charge in [0, 0.05) is 18.8 Å². The van der Waals surface area contributed by atoms with Crippen LogP contribution in [-0.4, -0.2) is 32.1 Å². The average Bonchev–Trinajstić information content (AvgIpc) is 2.80. The molecule has 1 atom stereocenters. The molecule has 0 bridgehead atoms. The molecule has 1 aliphatic rings. The van der Waals surface area contributed by atoms with E-state index in [2.05, 4.69) is 0 Å². The molecule has 6 nitrogen and oxygen atoms in total. The topological polar surface area (TPSA) is 98.7 Å². The van der Waals surface area contributed by atoms with Crippen LogP contribution in [0.15, 0.2) is 12.1 Å². The van der Waals surface area contributed by atoms with Crippen LogP contribution in [-0.2, 0) is 9.53 Å². The van der Waals surface area contributed by atoms with Crippen LogP contribution in [0, 0.1) is 5.41 Å². The smallest absolute Gasteiger partial charge is 0.340 e. The number of hydrogen-bond acceptors (Lipinski definition) is 5. The lowest BCUT2D eigenvalue weighted by Gasteiger charge is -2.25. The summed E-state index contributed by atoms with van der Waals surface area (Å²) in [6.07, 6.45) is 0.601. The highest BCUT2D eigenvalue weighted by molar-refractivity contribution is 6.34. The maximum absolute atomic E-state index is 11.9. The molecule has 4 N–H and O–H groups in total. The summed E-state index contributed by atoms with van der Waals surface area (Å²) in [5.41, 5.74) is 11.7. The van der Waals surface area contributed by atoms with E-state index in [9.17, 15) is 9.59 Å². The molecule has 0 saturated carbocycles. The number of benzene rings is 1. The fourth-order valence-electron chi connectivity index (χ4n) is 2.56. The molecule has 1 fully saturated rings. The standard InChI is InChI=1S/C14H18ClN3O3/c1-14(13(17)20)3-4-18(7-14)11-9(12(19)21-2)5-8(16)6-10(11)15/h5-6H,3-4,7,16H2,1-2H3,(H2,17,20). The van der Waals surface area contributed by atoms with Gasteiger partial charge in [-0.15, -0.1) is 0 Å². The molecule has 1 aromatic carbocycles. The van der Waals surface area contributed by atoms with Crippen molar-refractivity contribution >= 4 is 34.9 Å². The summed E-state index contributed by atoms with van der Waals surface area (Å²) in [6, 6.07) is 3.09. The van der Waals surface area contributed by atoms with Crippen LogP contribution in [0.25, 0.3) is 0 Å². The van der Waals surface area contributed by atoms with Crippen molar-refractivity contribution in [3.8, 4) is 0 Å². The summed E-state index contributed by atoms with van der Waals surface area (Å²) < 4.78 is 4.77. The van der Waals surface area contributed by atoms with Gasteiger partial charge < -0.3 is 21.1 Å². The highest BCUT2D eigenvalue weighted by atomic mass is 35.5. The van der Waals surface area contributed by atoms with Gasteiger partial charge in [-0.2, -0.15) is 0 Å². The Balaban J connectivity index is 2.45. The number of primary amides is 1. The number of halogens is 1. The zero-order chi connectivity index (χ0) is 15.8. The normalized spacial score (nSPS) is 21.4. The first kappa shape index (κ1) is 15.4. The summed E-state index contributed by atoms with van der Waals surface area (Å²) in [5, 5.41) is 0.351. The number of carbonyl (C=O) groups is 2. The fraction of sp³-hybridized carbons (Fsp3) is 0.429. The Bertz CT molecular complexity index is 605. The Kier molecular flexibility index (Phi) is 4.00. The number of nitrogen functional groups attached to an aromatic ring is 1. The van der Waals surface area contributed by atoms with Crippen molar-refractivity contribution in [1.29, 1.82) is 0 Å². The third-order valence-electron chi connectivity index (χ3n) is 3.88. The maximum atomic E-state index is 11.9. The molecule has 7 heteroatoms. The predicted molar refractivity (Wildman–Crippen MR) is 81.3 cm³/mol. The third kappa shape index (κ3) is 2.76. The van der Waals surface area contributed by atoms with Crippen molar-refractivity contribution in [1.82, 2.24) is 0 Å². The van der Waals surface area contributed by atoms with Crippen LogP contribution in [0.4, 0.5) is 11.4 Å². The van der Waals surface area contributed by atoms with Gasteiger partial charge in [0.1, 0.15) is 0 Å². The molecule has 114 valence electrons. The Morgan fingerprint density at radius 3 is 2.62 bits per heavy atom. The van der Waals surface area contributed by atoms with Crippen molar-refractivity contribution in [2.45, 2.75) is 13.3 Å². The lowest BCUT2D eigenvalue weighted by atomic mass is 9.89. The molecular formula is C14H18ClN3O3. The van der Waals surface area contributed by atoms with Gasteiger partial charge >= 0.3 is 5.97 Å². The van der Waals surface area contributed by atoms with E-state index in [4.69, 9.17) is 27.8 Å². The van der Waals surface area contributed by atoms with Gasteiger partial charge in [-0.25, -0.2) is 4.79 Å². The van der Waals surface area contributed by atoms with Gasteiger partial charge in [0.15, 0.2) is 0 Å². The zero-order valence-electron chi connectivity index (χ0n) is 12.0. The fourth-order valence-corrected chi connectivity index (χ4v) is 2.91. The molecule has 1 amide bonds. The molecular weight excluding hydrogens is 294 g/mol. The minimum atomic E-state index is -0.641. The Hall–Kier alpha value is -1.95. The first-order valence-corrected chi connectivity index (χ1v) is 6.88. The van der Waals surface area contributed by atoms with Crippen LogP contribution < -0.4 is 16.4 Å². The molecule has 1 saturated heterocycles. The summed E-state index contributed by atoms with van der Waals surface area (Å²) in [5.74, 6) is -0.886. The molecule has 2 rings (SSSR count). The molecule has 0 spiro atoms. The van der Waals surface area contributed by atoms with E-state index in [1.807, 2.05) is 4.90 Å². The predicted octanol–water partition coefficient (Wildman–Crippen LogP) is 1.41. The van der Waals surface area contributed by atoms with Gasteiger partial charge in [-0.3, -0.25) is 4.79 Å². The first-order valence-electron chi connectivity index (χ1n) is 6.50. The largest absolute Gasteiger partial charge is 0.465 e. The quantitative estimate of drug-likeness (QED) is 0.649. The molecule has 0 radical (unpaired) electrons. The van der Waals surface area contributed by atoms with Crippen LogP contribution in [0.2, 0.25) is 5.02 Å². The number of nitrogens with two attached hydrogens (primary N) is 2. The number of anilines is 2. The number of amides is 1. The maximum Gasteiger partial charge on any atom is 0.340 e. The number of carbonyl (C=O) groups excluding carboxylic acids is 2. The summed E-state index contributed by atoms with van der Waals surface area (Å²) in [4.78, 5) is 25.4. The number of hydrogen-bond donors (Lipinski definition) is 2. The van der Waals surface area contributed by atoms with Gasteiger partial charge in [0.2, 0.25) is 5.91 Å². The van der Waals surface area contributed by atoms with E-state index in [1.54, 1.807) is 13.0 Å². The van der Waals surface area contributed by atoms with E-state index in [0.29, 0.717) is 35.9 Å². The second-order valence-corrected chi connectivity index (χ2v) is 5.89. The zero-order valence-corrected chi connectivity index (χ0v) is 12.7. The van der Waals surface area contributed by atoms with Crippen molar-refractivity contribution in [3.63, 3.8) is 0 Å². The van der Waals surface area contributed by atoms with Gasteiger partial charge in [0.05, 0.1) is 28.8 Å². The highest BCUT2D eigenvalue weighted by Crippen LogP contribution is 2.39. The Labute approximate surface area is 128 Å². The third-order valence-corrected chi connectivity index (χ3v) is 4.16. The summed E-state index contributed by atoms with van der Waals surface area (Å²) in [7, 11) is 1.29. The van der Waals surface area contributed by atoms with Crippen molar-refractivity contribution in [2.24, 2.45) is 11.1 Å². The van der Waals surface area contributed by atoms with E-state index in [1.165, 1.54) is 13.2 Å². The average molecular weight is 312 g/mol. The van der Waals surface area contributed by atoms with Gasteiger partial charge in [0.25, 0.3) is 0 Å². The molecule has 1 aliphatic heterocycles. The molecule has 1 heterocycles. The number of ether oxygens (including phenoxy) is 1. The summed E-state index contributed by atoms with van der Waals surface area (Å²) in [6.45, 7) is 2.78. The van der Waals surface area contributed by atoms with Crippen molar-refractivity contribution in [2.75, 3.05) is 30.8 Å². The summed E-state index contributed by atoms with van der Waals surface area (Å²) >= 11 is 6.24. The number of methoxy groups -OCH3 is 1. The number of nitrogens with zero attached hydrogens (tertiary/aromatic N) is 1. The minimum absolute atomic E-state index is 0.288. The van der Waals surface area contributed by atoms with Crippen LogP contribution >= 0.6 is 11.6 Å². The molecule has 0 aliphatic carbocycles. The first-order chi connectivity index (χ1) is 9.78. The van der Waals surface area contributed by atoms with Crippen LogP contribution in [0.3, 0.4) is 0 Å². The molecule has 0 aromatic heterocycles. The van der Waals surface area contributed by atoms with Crippen LogP contribution in [0.1, 0.15) is 23.7 Å². The van der Waals surface area contributed by atoms with Gasteiger partial charge in [-0.05, 0) is 25.5 Å². The minimum Gasteiger partial charge on any atom is -0.465 e. The second-order valence-electron chi connectivity index (χ2n) is 5.49. The second kappa shape index (κ2) is 5.44. The van der Waals surface area contributed by atoms with E-state index >= 15 is 0 Å². The molecule has 1 unspecified atom stereocenters. The lowest BCUT2D eigenvalue weighted by molar-refractivity contribution is -0.125. The van der Waals surface area contributed by atoms with Gasteiger partial charge in [-0.1, -0.05) is 11.6 Å². The lowest BCUT2D eigenvalue weighted by Crippen LogP contribution is -2.37. The van der Waals surface area contributed by atoms with E-state index in [-0.39, 0.29) is 11.5 Å². The highest BCUT2D eigenvalue weighted by Gasteiger charge is 2.40. The molecule has 21 heavy (non-hydrogen) atoms. The van der Waals surface area contributed by atoms with Crippen molar-refractivity contribution < 1.29 is 14.3 Å². The Morgan fingerprint density at radius 1 is 1.43 bits per heavy atom. The number of esters is 1. The molecule has 1 aromatic rings.